The molecule has 1 aromatic rings. The highest BCUT2D eigenvalue weighted by Gasteiger charge is 2.11. The zero-order chi connectivity index (χ0) is 11.3. The fourth-order valence-electron chi connectivity index (χ4n) is 1.26. The van der Waals surface area contributed by atoms with Gasteiger partial charge in [0.25, 0.3) is 5.56 Å². The standard InChI is InChI=1S/C9H13Br2N3O/c1-2-14(5-3-4-10)8-7(11)9(15)13-6-12-8/h6H,2-5H2,1H3,(H,12,13,15). The van der Waals surface area contributed by atoms with Crippen LogP contribution in [0.5, 0.6) is 0 Å². The first kappa shape index (κ1) is 12.7. The van der Waals surface area contributed by atoms with Gasteiger partial charge in [-0.2, -0.15) is 0 Å². The SMILES string of the molecule is CCN(CCCBr)c1nc[nH]c(=O)c1Br. The Hall–Kier alpha value is -0.360. The summed E-state index contributed by atoms with van der Waals surface area (Å²) in [6.07, 6.45) is 2.45. The highest BCUT2D eigenvalue weighted by atomic mass is 79.9. The van der Waals surface area contributed by atoms with Crippen molar-refractivity contribution in [2.75, 3.05) is 23.3 Å². The zero-order valence-electron chi connectivity index (χ0n) is 8.46. The fourth-order valence-corrected chi connectivity index (χ4v) is 1.98. The van der Waals surface area contributed by atoms with E-state index >= 15 is 0 Å². The van der Waals surface area contributed by atoms with Crippen molar-refractivity contribution in [2.24, 2.45) is 0 Å². The topological polar surface area (TPSA) is 49.0 Å². The highest BCUT2D eigenvalue weighted by molar-refractivity contribution is 9.10. The van der Waals surface area contributed by atoms with E-state index in [9.17, 15) is 4.79 Å². The van der Waals surface area contributed by atoms with E-state index in [4.69, 9.17) is 0 Å². The number of nitrogens with one attached hydrogen (secondary N) is 1. The molecule has 4 nitrogen and oxygen atoms in total. The average Bonchev–Trinajstić information content (AvgIpc) is 2.25. The smallest absolute Gasteiger partial charge is 0.267 e. The van der Waals surface area contributed by atoms with Gasteiger partial charge >= 0.3 is 0 Å². The highest BCUT2D eigenvalue weighted by Crippen LogP contribution is 2.18. The first-order valence-corrected chi connectivity index (χ1v) is 6.66. The summed E-state index contributed by atoms with van der Waals surface area (Å²) < 4.78 is 0.501. The van der Waals surface area contributed by atoms with Crippen molar-refractivity contribution in [1.82, 2.24) is 9.97 Å². The molecule has 0 spiro atoms. The largest absolute Gasteiger partial charge is 0.356 e. The van der Waals surface area contributed by atoms with Crippen molar-refractivity contribution in [1.29, 1.82) is 0 Å². The van der Waals surface area contributed by atoms with Crippen LogP contribution >= 0.6 is 31.9 Å². The van der Waals surface area contributed by atoms with Gasteiger partial charge in [0.05, 0.1) is 6.33 Å². The third-order valence-electron chi connectivity index (χ3n) is 2.02. The van der Waals surface area contributed by atoms with E-state index in [2.05, 4.69) is 46.7 Å². The molecule has 0 amide bonds. The summed E-state index contributed by atoms with van der Waals surface area (Å²) in [5.74, 6) is 0.710. The molecule has 0 atom stereocenters. The Balaban J connectivity index is 2.91. The molecule has 6 heteroatoms. The Morgan fingerprint density at radius 1 is 1.60 bits per heavy atom. The Kier molecular flexibility index (Phi) is 5.31. The number of hydrogen-bond acceptors (Lipinski definition) is 3. The van der Waals surface area contributed by atoms with Crippen molar-refractivity contribution >= 4 is 37.7 Å². The van der Waals surface area contributed by atoms with Crippen LogP contribution in [0.2, 0.25) is 0 Å². The molecular weight excluding hydrogens is 326 g/mol. The lowest BCUT2D eigenvalue weighted by Crippen LogP contribution is -2.27. The van der Waals surface area contributed by atoms with E-state index in [0.717, 1.165) is 24.8 Å². The number of anilines is 1. The number of nitrogens with zero attached hydrogens (tertiary/aromatic N) is 2. The lowest BCUT2D eigenvalue weighted by molar-refractivity contribution is 0.778. The van der Waals surface area contributed by atoms with Gasteiger partial charge in [0, 0.05) is 18.4 Å². The van der Waals surface area contributed by atoms with Crippen molar-refractivity contribution in [3.8, 4) is 0 Å². The summed E-state index contributed by atoms with van der Waals surface area (Å²) >= 11 is 6.64. The van der Waals surface area contributed by atoms with Gasteiger partial charge in [0.2, 0.25) is 0 Å². The van der Waals surface area contributed by atoms with Gasteiger partial charge in [-0.25, -0.2) is 4.98 Å². The molecule has 0 saturated carbocycles. The van der Waals surface area contributed by atoms with Crippen molar-refractivity contribution in [3.63, 3.8) is 0 Å². The van der Waals surface area contributed by atoms with Gasteiger partial charge in [0.15, 0.2) is 0 Å². The second-order valence-corrected chi connectivity index (χ2v) is 4.58. The average molecular weight is 339 g/mol. The molecule has 0 unspecified atom stereocenters. The van der Waals surface area contributed by atoms with Crippen LogP contribution in [-0.4, -0.2) is 28.4 Å². The zero-order valence-corrected chi connectivity index (χ0v) is 11.6. The number of halogens is 2. The molecule has 0 saturated heterocycles. The fraction of sp³-hybridized carbons (Fsp3) is 0.556. The van der Waals surface area contributed by atoms with Gasteiger partial charge in [0.1, 0.15) is 10.3 Å². The lowest BCUT2D eigenvalue weighted by atomic mass is 10.4. The van der Waals surface area contributed by atoms with Gasteiger partial charge in [-0.1, -0.05) is 15.9 Å². The number of H-pyrrole nitrogens is 1. The van der Waals surface area contributed by atoms with Gasteiger partial charge in [-0.15, -0.1) is 0 Å². The lowest BCUT2D eigenvalue weighted by Gasteiger charge is -2.21. The number of aromatic amines is 1. The van der Waals surface area contributed by atoms with Crippen LogP contribution in [-0.2, 0) is 0 Å². The minimum Gasteiger partial charge on any atom is -0.356 e. The van der Waals surface area contributed by atoms with Crippen molar-refractivity contribution in [3.05, 3.63) is 21.2 Å². The van der Waals surface area contributed by atoms with Gasteiger partial charge < -0.3 is 9.88 Å². The molecule has 84 valence electrons. The summed E-state index contributed by atoms with van der Waals surface area (Å²) in [4.78, 5) is 20.1. The number of hydrogen-bond donors (Lipinski definition) is 1. The maximum absolute atomic E-state index is 11.4. The quantitative estimate of drug-likeness (QED) is 0.837. The van der Waals surface area contributed by atoms with Crippen LogP contribution in [0.3, 0.4) is 0 Å². The number of aromatic nitrogens is 2. The predicted molar refractivity (Wildman–Crippen MR) is 68.9 cm³/mol. The summed E-state index contributed by atoms with van der Waals surface area (Å²) in [6, 6.07) is 0. The van der Waals surface area contributed by atoms with E-state index in [1.165, 1.54) is 6.33 Å². The van der Waals surface area contributed by atoms with Crippen LogP contribution in [0.15, 0.2) is 15.6 Å². The number of alkyl halides is 1. The van der Waals surface area contributed by atoms with E-state index < -0.39 is 0 Å². The third kappa shape index (κ3) is 3.31. The van der Waals surface area contributed by atoms with Gasteiger partial charge in [-0.3, -0.25) is 4.79 Å². The third-order valence-corrected chi connectivity index (χ3v) is 3.30. The summed E-state index contributed by atoms with van der Waals surface area (Å²) in [6.45, 7) is 3.77. The molecule has 0 aromatic carbocycles. The second-order valence-electron chi connectivity index (χ2n) is 2.99. The number of rotatable bonds is 5. The first-order chi connectivity index (χ1) is 7.20. The second kappa shape index (κ2) is 6.27. The molecule has 0 radical (unpaired) electrons. The molecular formula is C9H13Br2N3O. The molecule has 1 aromatic heterocycles. The minimum atomic E-state index is -0.141. The van der Waals surface area contributed by atoms with Crippen LogP contribution < -0.4 is 10.5 Å². The van der Waals surface area contributed by atoms with Crippen LogP contribution in [0.1, 0.15) is 13.3 Å². The van der Waals surface area contributed by atoms with E-state index in [1.54, 1.807) is 0 Å². The van der Waals surface area contributed by atoms with E-state index in [1.807, 2.05) is 6.92 Å². The Labute approximate surface area is 105 Å². The maximum atomic E-state index is 11.4. The summed E-state index contributed by atoms with van der Waals surface area (Å²) in [5.41, 5.74) is -0.141. The van der Waals surface area contributed by atoms with Crippen LogP contribution in [0.4, 0.5) is 5.82 Å². The summed E-state index contributed by atoms with van der Waals surface area (Å²) in [5, 5.41) is 0.949. The van der Waals surface area contributed by atoms with E-state index in [-0.39, 0.29) is 5.56 Å². The molecule has 1 rings (SSSR count). The Morgan fingerprint density at radius 2 is 2.33 bits per heavy atom. The molecule has 0 aliphatic heterocycles. The molecule has 1 N–H and O–H groups in total. The normalized spacial score (nSPS) is 10.3. The Bertz CT molecular complexity index is 367. The predicted octanol–water partition coefficient (Wildman–Crippen LogP) is 2.14. The van der Waals surface area contributed by atoms with E-state index in [0.29, 0.717) is 10.3 Å². The van der Waals surface area contributed by atoms with Crippen LogP contribution in [0, 0.1) is 0 Å². The molecule has 0 bridgehead atoms. The minimum absolute atomic E-state index is 0.141. The molecule has 15 heavy (non-hydrogen) atoms. The molecule has 0 aliphatic carbocycles. The summed E-state index contributed by atoms with van der Waals surface area (Å²) in [7, 11) is 0. The molecule has 0 fully saturated rings. The van der Waals surface area contributed by atoms with Crippen molar-refractivity contribution < 1.29 is 0 Å². The molecule has 0 aliphatic rings. The van der Waals surface area contributed by atoms with Crippen LogP contribution in [0.25, 0.3) is 0 Å². The first-order valence-electron chi connectivity index (χ1n) is 4.74. The van der Waals surface area contributed by atoms with Crippen molar-refractivity contribution in [2.45, 2.75) is 13.3 Å². The Morgan fingerprint density at radius 3 is 2.93 bits per heavy atom. The molecule has 1 heterocycles. The monoisotopic (exact) mass is 337 g/mol. The maximum Gasteiger partial charge on any atom is 0.267 e. The van der Waals surface area contributed by atoms with Gasteiger partial charge in [-0.05, 0) is 29.3 Å².